The van der Waals surface area contributed by atoms with Gasteiger partial charge in [-0.25, -0.2) is 0 Å². The van der Waals surface area contributed by atoms with Gasteiger partial charge in [-0.15, -0.1) is 0 Å². The number of rotatable bonds is 3. The maximum Gasteiger partial charge on any atom is 0.248 e. The molecule has 2 aliphatic rings. The predicted molar refractivity (Wildman–Crippen MR) is 83.5 cm³/mol. The fourth-order valence-electron chi connectivity index (χ4n) is 3.57. The SMILES string of the molecule is CCc1ccc(CN2CCC3(CC2)OCC(=O)N(C)[C@H]3C)o1. The van der Waals surface area contributed by atoms with E-state index in [1.807, 2.05) is 11.9 Å². The van der Waals surface area contributed by atoms with Crippen LogP contribution in [0.1, 0.15) is 38.2 Å². The lowest BCUT2D eigenvalue weighted by Crippen LogP contribution is -2.62. The number of aryl methyl sites for hydroxylation is 1. The lowest BCUT2D eigenvalue weighted by Gasteiger charge is -2.50. The molecule has 0 aromatic carbocycles. The van der Waals surface area contributed by atoms with Crippen molar-refractivity contribution in [2.75, 3.05) is 26.7 Å². The van der Waals surface area contributed by atoms with Gasteiger partial charge in [-0.2, -0.15) is 0 Å². The summed E-state index contributed by atoms with van der Waals surface area (Å²) in [6, 6.07) is 4.29. The first kappa shape index (κ1) is 15.6. The quantitative estimate of drug-likeness (QED) is 0.857. The van der Waals surface area contributed by atoms with Gasteiger partial charge in [-0.1, -0.05) is 6.92 Å². The van der Waals surface area contributed by atoms with Gasteiger partial charge in [-0.3, -0.25) is 9.69 Å². The lowest BCUT2D eigenvalue weighted by molar-refractivity contribution is -0.183. The first-order valence-corrected chi connectivity index (χ1v) is 8.23. The van der Waals surface area contributed by atoms with E-state index in [0.29, 0.717) is 0 Å². The minimum absolute atomic E-state index is 0.0863. The van der Waals surface area contributed by atoms with Crippen LogP contribution in [0.2, 0.25) is 0 Å². The molecule has 3 rings (SSSR count). The summed E-state index contributed by atoms with van der Waals surface area (Å²) >= 11 is 0. The molecule has 1 spiro atoms. The molecule has 1 amide bonds. The predicted octanol–water partition coefficient (Wildman–Crippen LogP) is 2.05. The van der Waals surface area contributed by atoms with E-state index >= 15 is 0 Å². The van der Waals surface area contributed by atoms with Crippen molar-refractivity contribution in [3.8, 4) is 0 Å². The van der Waals surface area contributed by atoms with Crippen LogP contribution in [-0.4, -0.2) is 54.1 Å². The first-order valence-electron chi connectivity index (χ1n) is 8.23. The van der Waals surface area contributed by atoms with Crippen LogP contribution in [0, 0.1) is 0 Å². The van der Waals surface area contributed by atoms with Crippen molar-refractivity contribution in [2.45, 2.75) is 51.3 Å². The Morgan fingerprint density at radius 3 is 2.59 bits per heavy atom. The van der Waals surface area contributed by atoms with Gasteiger partial charge in [0.2, 0.25) is 5.91 Å². The molecule has 1 aromatic rings. The number of piperidine rings is 1. The van der Waals surface area contributed by atoms with E-state index in [1.165, 1.54) is 0 Å². The fraction of sp³-hybridized carbons (Fsp3) is 0.706. The van der Waals surface area contributed by atoms with Crippen LogP contribution >= 0.6 is 0 Å². The van der Waals surface area contributed by atoms with Gasteiger partial charge in [0.15, 0.2) is 0 Å². The van der Waals surface area contributed by atoms with Gasteiger partial charge in [-0.05, 0) is 31.9 Å². The van der Waals surface area contributed by atoms with E-state index in [0.717, 1.165) is 50.4 Å². The molecule has 22 heavy (non-hydrogen) atoms. The van der Waals surface area contributed by atoms with Crippen LogP contribution < -0.4 is 0 Å². The largest absolute Gasteiger partial charge is 0.465 e. The minimum Gasteiger partial charge on any atom is -0.465 e. The number of morpholine rings is 1. The average molecular weight is 306 g/mol. The van der Waals surface area contributed by atoms with Crippen molar-refractivity contribution in [3.63, 3.8) is 0 Å². The molecule has 0 N–H and O–H groups in total. The van der Waals surface area contributed by atoms with Crippen LogP contribution in [0.15, 0.2) is 16.5 Å². The van der Waals surface area contributed by atoms with E-state index in [-0.39, 0.29) is 24.2 Å². The highest BCUT2D eigenvalue weighted by molar-refractivity contribution is 5.78. The van der Waals surface area contributed by atoms with Crippen molar-refractivity contribution in [1.29, 1.82) is 0 Å². The van der Waals surface area contributed by atoms with E-state index in [1.54, 1.807) is 0 Å². The monoisotopic (exact) mass is 306 g/mol. The maximum absolute atomic E-state index is 11.7. The molecule has 0 radical (unpaired) electrons. The van der Waals surface area contributed by atoms with Crippen LogP contribution in [0.25, 0.3) is 0 Å². The number of ether oxygens (including phenoxy) is 1. The Hall–Kier alpha value is -1.33. The number of carbonyl (C=O) groups excluding carboxylic acids is 1. The van der Waals surface area contributed by atoms with Crippen molar-refractivity contribution >= 4 is 5.91 Å². The summed E-state index contributed by atoms with van der Waals surface area (Å²) in [4.78, 5) is 16.0. The van der Waals surface area contributed by atoms with Crippen LogP contribution in [-0.2, 0) is 22.5 Å². The molecule has 122 valence electrons. The number of nitrogens with zero attached hydrogens (tertiary/aromatic N) is 2. The molecule has 1 atom stereocenters. The molecule has 2 fully saturated rings. The Balaban J connectivity index is 1.59. The van der Waals surface area contributed by atoms with Gasteiger partial charge in [0, 0.05) is 26.6 Å². The Morgan fingerprint density at radius 2 is 1.95 bits per heavy atom. The number of furan rings is 1. The smallest absolute Gasteiger partial charge is 0.248 e. The third-order valence-corrected chi connectivity index (χ3v) is 5.37. The molecule has 5 nitrogen and oxygen atoms in total. The zero-order valence-corrected chi connectivity index (χ0v) is 13.8. The average Bonchev–Trinajstić information content (AvgIpc) is 2.99. The normalized spacial score (nSPS) is 25.9. The number of hydrogen-bond acceptors (Lipinski definition) is 4. The highest BCUT2D eigenvalue weighted by Crippen LogP contribution is 2.35. The molecule has 0 saturated carbocycles. The van der Waals surface area contributed by atoms with E-state index < -0.39 is 0 Å². The van der Waals surface area contributed by atoms with E-state index in [4.69, 9.17) is 9.15 Å². The summed E-state index contributed by atoms with van der Waals surface area (Å²) < 4.78 is 11.8. The van der Waals surface area contributed by atoms with Crippen molar-refractivity contribution < 1.29 is 13.9 Å². The van der Waals surface area contributed by atoms with Gasteiger partial charge in [0.1, 0.15) is 18.1 Å². The van der Waals surface area contributed by atoms with Crippen LogP contribution in [0.3, 0.4) is 0 Å². The highest BCUT2D eigenvalue weighted by Gasteiger charge is 2.46. The highest BCUT2D eigenvalue weighted by atomic mass is 16.5. The number of amides is 1. The summed E-state index contributed by atoms with van der Waals surface area (Å²) in [5.74, 6) is 2.17. The van der Waals surface area contributed by atoms with Crippen molar-refractivity contribution in [2.24, 2.45) is 0 Å². The number of hydrogen-bond donors (Lipinski definition) is 0. The summed E-state index contributed by atoms with van der Waals surface area (Å²) in [6.07, 6.45) is 2.87. The summed E-state index contributed by atoms with van der Waals surface area (Å²) in [5.41, 5.74) is -0.170. The van der Waals surface area contributed by atoms with Crippen LogP contribution in [0.5, 0.6) is 0 Å². The molecule has 1 aromatic heterocycles. The Kier molecular flexibility index (Phi) is 4.28. The van der Waals surface area contributed by atoms with Crippen molar-refractivity contribution in [1.82, 2.24) is 9.80 Å². The molecule has 3 heterocycles. The summed E-state index contributed by atoms with van der Waals surface area (Å²) in [5, 5.41) is 0. The second-order valence-corrected chi connectivity index (χ2v) is 6.53. The van der Waals surface area contributed by atoms with Gasteiger partial charge >= 0.3 is 0 Å². The maximum atomic E-state index is 11.7. The molecule has 0 aliphatic carbocycles. The zero-order chi connectivity index (χ0) is 15.7. The molecular formula is C17H26N2O3. The van der Waals surface area contributed by atoms with E-state index in [9.17, 15) is 4.79 Å². The fourth-order valence-corrected chi connectivity index (χ4v) is 3.57. The van der Waals surface area contributed by atoms with Crippen LogP contribution in [0.4, 0.5) is 0 Å². The number of carbonyl (C=O) groups is 1. The summed E-state index contributed by atoms with van der Waals surface area (Å²) in [7, 11) is 1.89. The molecule has 2 aliphatic heterocycles. The van der Waals surface area contributed by atoms with Gasteiger partial charge in [0.25, 0.3) is 0 Å². The molecule has 5 heteroatoms. The first-order chi connectivity index (χ1) is 10.5. The zero-order valence-electron chi connectivity index (χ0n) is 13.8. The number of likely N-dealkylation sites (N-methyl/N-ethyl adjacent to an activating group) is 1. The minimum atomic E-state index is -0.170. The lowest BCUT2D eigenvalue weighted by atomic mass is 9.83. The molecule has 2 saturated heterocycles. The molecule has 0 unspecified atom stereocenters. The van der Waals surface area contributed by atoms with Gasteiger partial charge < -0.3 is 14.1 Å². The van der Waals surface area contributed by atoms with E-state index in [2.05, 4.69) is 30.9 Å². The topological polar surface area (TPSA) is 45.9 Å². The second kappa shape index (κ2) is 6.05. The molecule has 0 bridgehead atoms. The number of likely N-dealkylation sites (tertiary alicyclic amines) is 1. The summed E-state index contributed by atoms with van der Waals surface area (Å²) in [6.45, 7) is 7.25. The Labute approximate surface area is 132 Å². The third kappa shape index (κ3) is 2.79. The Bertz CT molecular complexity index is 532. The Morgan fingerprint density at radius 1 is 1.27 bits per heavy atom. The second-order valence-electron chi connectivity index (χ2n) is 6.53. The standard InChI is InChI=1S/C17H26N2O3/c1-4-14-5-6-15(22-14)11-19-9-7-17(8-10-19)13(2)18(3)16(20)12-21-17/h5-6,13H,4,7-12H2,1-3H3/t13-/m0/s1. The third-order valence-electron chi connectivity index (χ3n) is 5.37. The van der Waals surface area contributed by atoms with Crippen molar-refractivity contribution in [3.05, 3.63) is 23.7 Å². The molecular weight excluding hydrogens is 280 g/mol. The van der Waals surface area contributed by atoms with Gasteiger partial charge in [0.05, 0.1) is 18.2 Å².